The van der Waals surface area contributed by atoms with Crippen LogP contribution < -0.4 is 11.1 Å². The Labute approximate surface area is 112 Å². The van der Waals surface area contributed by atoms with Gasteiger partial charge in [0.1, 0.15) is 0 Å². The van der Waals surface area contributed by atoms with Crippen molar-refractivity contribution in [1.82, 2.24) is 15.1 Å². The minimum atomic E-state index is -3.06. The Balaban J connectivity index is 2.15. The van der Waals surface area contributed by atoms with Gasteiger partial charge >= 0.3 is 0 Å². The van der Waals surface area contributed by atoms with E-state index in [4.69, 9.17) is 5.73 Å². The average Bonchev–Trinajstić information content (AvgIpc) is 2.79. The first kappa shape index (κ1) is 13.9. The summed E-state index contributed by atoms with van der Waals surface area (Å²) in [5, 5.41) is 6.80. The molecule has 3 N–H and O–H groups in total. The van der Waals surface area contributed by atoms with Crippen molar-refractivity contribution in [3.8, 4) is 0 Å². The van der Waals surface area contributed by atoms with Crippen LogP contribution in [0.25, 0.3) is 0 Å². The van der Waals surface area contributed by atoms with Crippen molar-refractivity contribution >= 4 is 21.4 Å². The van der Waals surface area contributed by atoms with E-state index in [2.05, 4.69) is 10.4 Å². The molecule has 0 radical (unpaired) electrons. The van der Waals surface area contributed by atoms with Crippen molar-refractivity contribution < 1.29 is 13.2 Å². The number of aryl methyl sites for hydroxylation is 1. The monoisotopic (exact) mass is 286 g/mol. The van der Waals surface area contributed by atoms with Crippen molar-refractivity contribution in [3.63, 3.8) is 0 Å². The van der Waals surface area contributed by atoms with Crippen LogP contribution >= 0.6 is 0 Å². The summed E-state index contributed by atoms with van der Waals surface area (Å²) in [7, 11) is -3.06. The first-order valence-electron chi connectivity index (χ1n) is 6.10. The Morgan fingerprint density at radius 1 is 1.63 bits per heavy atom. The quantitative estimate of drug-likeness (QED) is 0.799. The third-order valence-electron chi connectivity index (χ3n) is 3.25. The molecular weight excluding hydrogens is 268 g/mol. The highest BCUT2D eigenvalue weighted by Gasteiger charge is 2.40. The number of nitrogen functional groups attached to an aromatic ring is 1. The average molecular weight is 286 g/mol. The fourth-order valence-corrected chi connectivity index (χ4v) is 4.31. The molecule has 1 aromatic heterocycles. The maximum absolute atomic E-state index is 12.1. The highest BCUT2D eigenvalue weighted by atomic mass is 32.2. The van der Waals surface area contributed by atoms with Crippen LogP contribution in [0.2, 0.25) is 0 Å². The van der Waals surface area contributed by atoms with E-state index in [1.807, 2.05) is 6.92 Å². The zero-order valence-electron chi connectivity index (χ0n) is 11.0. The highest BCUT2D eigenvalue weighted by Crippen LogP contribution is 2.23. The Hall–Kier alpha value is -1.57. The number of nitrogens with two attached hydrogens (primary N) is 1. The lowest BCUT2D eigenvalue weighted by Crippen LogP contribution is -2.47. The first-order valence-corrected chi connectivity index (χ1v) is 7.93. The second kappa shape index (κ2) is 4.52. The number of amides is 1. The summed E-state index contributed by atoms with van der Waals surface area (Å²) >= 11 is 0. The number of nitrogens with zero attached hydrogens (tertiary/aromatic N) is 2. The van der Waals surface area contributed by atoms with Crippen LogP contribution in [0.1, 0.15) is 30.8 Å². The fourth-order valence-electron chi connectivity index (χ4n) is 2.22. The predicted molar refractivity (Wildman–Crippen MR) is 71.5 cm³/mol. The van der Waals surface area contributed by atoms with Gasteiger partial charge in [0.2, 0.25) is 0 Å². The summed E-state index contributed by atoms with van der Waals surface area (Å²) in [5.41, 5.74) is 5.43. The topological polar surface area (TPSA) is 107 Å². The molecule has 1 saturated heterocycles. The van der Waals surface area contributed by atoms with Crippen LogP contribution in [0.3, 0.4) is 0 Å². The van der Waals surface area contributed by atoms with Gasteiger partial charge in [0.25, 0.3) is 5.91 Å². The summed E-state index contributed by atoms with van der Waals surface area (Å²) < 4.78 is 24.5. The van der Waals surface area contributed by atoms with E-state index in [-0.39, 0.29) is 17.2 Å². The number of carbonyl (C=O) groups is 1. The van der Waals surface area contributed by atoms with Crippen LogP contribution in [0.5, 0.6) is 0 Å². The summed E-state index contributed by atoms with van der Waals surface area (Å²) in [6.45, 7) is 4.23. The standard InChI is InChI=1S/C11H18N4O3S/c1-3-15-6-8(12)9(14-15)10(16)13-11(2)4-5-19(17,18)7-11/h6H,3-5,7,12H2,1-2H3,(H,13,16). The summed E-state index contributed by atoms with van der Waals surface area (Å²) in [4.78, 5) is 12.1. The molecule has 0 bridgehead atoms. The lowest BCUT2D eigenvalue weighted by molar-refractivity contribution is 0.0910. The van der Waals surface area contributed by atoms with E-state index in [0.29, 0.717) is 18.7 Å². The van der Waals surface area contributed by atoms with E-state index in [1.54, 1.807) is 17.8 Å². The highest BCUT2D eigenvalue weighted by molar-refractivity contribution is 7.91. The SMILES string of the molecule is CCn1cc(N)c(C(=O)NC2(C)CCS(=O)(=O)C2)n1. The molecule has 1 amide bonds. The molecule has 2 heterocycles. The minimum absolute atomic E-state index is 0.0415. The Morgan fingerprint density at radius 2 is 2.32 bits per heavy atom. The summed E-state index contributed by atoms with van der Waals surface area (Å²) in [6.07, 6.45) is 2.00. The van der Waals surface area contributed by atoms with Gasteiger partial charge in [0.15, 0.2) is 15.5 Å². The van der Waals surface area contributed by atoms with Crippen molar-refractivity contribution in [3.05, 3.63) is 11.9 Å². The normalized spacial score (nSPS) is 25.4. The van der Waals surface area contributed by atoms with Crippen molar-refractivity contribution in [2.45, 2.75) is 32.4 Å². The molecule has 1 fully saturated rings. The molecule has 1 aliphatic rings. The molecule has 7 nitrogen and oxygen atoms in total. The molecule has 106 valence electrons. The number of carbonyl (C=O) groups excluding carboxylic acids is 1. The number of hydrogen-bond donors (Lipinski definition) is 2. The van der Waals surface area contributed by atoms with Gasteiger partial charge in [-0.2, -0.15) is 5.10 Å². The first-order chi connectivity index (χ1) is 8.75. The largest absolute Gasteiger partial charge is 0.396 e. The smallest absolute Gasteiger partial charge is 0.274 e. The second-order valence-electron chi connectivity index (χ2n) is 5.15. The minimum Gasteiger partial charge on any atom is -0.396 e. The zero-order chi connectivity index (χ0) is 14.3. The summed E-state index contributed by atoms with van der Waals surface area (Å²) in [5.74, 6) is -0.368. The summed E-state index contributed by atoms with van der Waals surface area (Å²) in [6, 6.07) is 0. The maximum Gasteiger partial charge on any atom is 0.274 e. The third-order valence-corrected chi connectivity index (χ3v) is 5.15. The van der Waals surface area contributed by atoms with E-state index >= 15 is 0 Å². The number of hydrogen-bond acceptors (Lipinski definition) is 5. The molecule has 0 aromatic carbocycles. The second-order valence-corrected chi connectivity index (χ2v) is 7.33. The van der Waals surface area contributed by atoms with Gasteiger partial charge < -0.3 is 11.1 Å². The Kier molecular flexibility index (Phi) is 3.29. The van der Waals surface area contributed by atoms with Gasteiger partial charge in [0.05, 0.1) is 22.7 Å². The fraction of sp³-hybridized carbons (Fsp3) is 0.636. The van der Waals surface area contributed by atoms with Gasteiger partial charge in [-0.1, -0.05) is 0 Å². The number of rotatable bonds is 3. The molecule has 8 heteroatoms. The molecule has 19 heavy (non-hydrogen) atoms. The van der Waals surface area contributed by atoms with E-state index in [9.17, 15) is 13.2 Å². The van der Waals surface area contributed by atoms with Crippen LogP contribution in [0.4, 0.5) is 5.69 Å². The number of nitrogens with one attached hydrogen (secondary N) is 1. The lowest BCUT2D eigenvalue weighted by Gasteiger charge is -2.23. The van der Waals surface area contributed by atoms with Gasteiger partial charge in [0, 0.05) is 12.7 Å². The third kappa shape index (κ3) is 2.89. The molecule has 0 saturated carbocycles. The molecule has 0 spiro atoms. The van der Waals surface area contributed by atoms with Gasteiger partial charge in [-0.3, -0.25) is 9.48 Å². The van der Waals surface area contributed by atoms with E-state index < -0.39 is 21.3 Å². The molecule has 1 aliphatic heterocycles. The molecule has 1 aromatic rings. The molecule has 1 atom stereocenters. The van der Waals surface area contributed by atoms with Crippen LogP contribution in [0.15, 0.2) is 6.20 Å². The van der Waals surface area contributed by atoms with Gasteiger partial charge in [-0.05, 0) is 20.3 Å². The number of sulfone groups is 1. The molecular formula is C11H18N4O3S. The van der Waals surface area contributed by atoms with Gasteiger partial charge in [-0.15, -0.1) is 0 Å². The Bertz CT molecular complexity index is 607. The molecule has 2 rings (SSSR count). The van der Waals surface area contributed by atoms with E-state index in [0.717, 1.165) is 0 Å². The Morgan fingerprint density at radius 3 is 2.79 bits per heavy atom. The van der Waals surface area contributed by atoms with Crippen molar-refractivity contribution in [1.29, 1.82) is 0 Å². The number of anilines is 1. The lowest BCUT2D eigenvalue weighted by atomic mass is 10.0. The van der Waals surface area contributed by atoms with E-state index in [1.165, 1.54) is 0 Å². The number of aromatic nitrogens is 2. The van der Waals surface area contributed by atoms with Crippen LogP contribution in [0, 0.1) is 0 Å². The predicted octanol–water partition coefficient (Wildman–Crippen LogP) is -0.208. The van der Waals surface area contributed by atoms with Gasteiger partial charge in [-0.25, -0.2) is 8.42 Å². The maximum atomic E-state index is 12.1. The van der Waals surface area contributed by atoms with Crippen molar-refractivity contribution in [2.75, 3.05) is 17.2 Å². The zero-order valence-corrected chi connectivity index (χ0v) is 11.8. The van der Waals surface area contributed by atoms with Crippen molar-refractivity contribution in [2.24, 2.45) is 0 Å². The van der Waals surface area contributed by atoms with Crippen LogP contribution in [-0.2, 0) is 16.4 Å². The molecule has 1 unspecified atom stereocenters. The molecule has 0 aliphatic carbocycles. The van der Waals surface area contributed by atoms with Crippen LogP contribution in [-0.4, -0.2) is 41.2 Å².